The van der Waals surface area contributed by atoms with Crippen molar-refractivity contribution >= 4 is 58.0 Å². The lowest BCUT2D eigenvalue weighted by Gasteiger charge is -2.15. The number of aldehydes is 1. The van der Waals surface area contributed by atoms with Crippen molar-refractivity contribution in [3.8, 4) is 0 Å². The quantitative estimate of drug-likeness (QED) is 0.352. The zero-order valence-corrected chi connectivity index (χ0v) is 14.9. The van der Waals surface area contributed by atoms with Crippen LogP contribution in [-0.4, -0.2) is 22.3 Å². The standard InChI is InChI=1S/C19H13NO3S2/c1-12(22)15-3-2-4-16(10-15)20-18(23)17(25-19(20)24)9-13-5-7-14(11-21)8-6-13/h2-11H,1H3/b17-9+. The Balaban J connectivity index is 1.91. The largest absolute Gasteiger partial charge is 0.298 e. The lowest BCUT2D eigenvalue weighted by atomic mass is 10.1. The zero-order valence-electron chi connectivity index (χ0n) is 13.3. The summed E-state index contributed by atoms with van der Waals surface area (Å²) >= 11 is 6.55. The average Bonchev–Trinajstić information content (AvgIpc) is 2.89. The SMILES string of the molecule is CC(=O)c1cccc(N2C(=O)/C(=C\c3ccc(C=O)cc3)SC2=S)c1. The Labute approximate surface area is 154 Å². The maximum Gasteiger partial charge on any atom is 0.270 e. The molecule has 0 bridgehead atoms. The Morgan fingerprint density at radius 1 is 1.12 bits per heavy atom. The van der Waals surface area contributed by atoms with Crippen LogP contribution in [-0.2, 0) is 4.79 Å². The number of anilines is 1. The molecule has 0 unspecified atom stereocenters. The average molecular weight is 367 g/mol. The summed E-state index contributed by atoms with van der Waals surface area (Å²) in [7, 11) is 0. The Bertz CT molecular complexity index is 917. The van der Waals surface area contributed by atoms with Gasteiger partial charge in [0.15, 0.2) is 10.1 Å². The normalized spacial score (nSPS) is 15.7. The summed E-state index contributed by atoms with van der Waals surface area (Å²) < 4.78 is 0.418. The highest BCUT2D eigenvalue weighted by molar-refractivity contribution is 8.27. The molecule has 1 aliphatic heterocycles. The minimum Gasteiger partial charge on any atom is -0.298 e. The number of hydrogen-bond acceptors (Lipinski definition) is 5. The molecule has 0 spiro atoms. The topological polar surface area (TPSA) is 54.5 Å². The molecule has 4 nitrogen and oxygen atoms in total. The molecule has 1 aliphatic rings. The lowest BCUT2D eigenvalue weighted by molar-refractivity contribution is -0.113. The van der Waals surface area contributed by atoms with E-state index in [1.54, 1.807) is 54.6 Å². The number of amides is 1. The van der Waals surface area contributed by atoms with Crippen LogP contribution < -0.4 is 4.90 Å². The zero-order chi connectivity index (χ0) is 18.0. The van der Waals surface area contributed by atoms with Gasteiger partial charge in [0.25, 0.3) is 5.91 Å². The van der Waals surface area contributed by atoms with Crippen molar-refractivity contribution < 1.29 is 14.4 Å². The first-order valence-electron chi connectivity index (χ1n) is 7.44. The lowest BCUT2D eigenvalue weighted by Crippen LogP contribution is -2.27. The molecule has 25 heavy (non-hydrogen) atoms. The monoisotopic (exact) mass is 367 g/mol. The van der Waals surface area contributed by atoms with E-state index in [-0.39, 0.29) is 11.7 Å². The van der Waals surface area contributed by atoms with Gasteiger partial charge in [-0.15, -0.1) is 0 Å². The van der Waals surface area contributed by atoms with Crippen molar-refractivity contribution in [3.63, 3.8) is 0 Å². The molecule has 0 atom stereocenters. The molecule has 1 amide bonds. The van der Waals surface area contributed by atoms with Crippen LogP contribution in [0.4, 0.5) is 5.69 Å². The van der Waals surface area contributed by atoms with Crippen LogP contribution in [0.1, 0.15) is 33.2 Å². The van der Waals surface area contributed by atoms with Crippen molar-refractivity contribution in [2.75, 3.05) is 4.90 Å². The van der Waals surface area contributed by atoms with Crippen LogP contribution in [0, 0.1) is 0 Å². The van der Waals surface area contributed by atoms with E-state index in [0.29, 0.717) is 26.0 Å². The molecule has 2 aromatic rings. The van der Waals surface area contributed by atoms with Gasteiger partial charge in [-0.05, 0) is 30.7 Å². The van der Waals surface area contributed by atoms with Gasteiger partial charge in [0.2, 0.25) is 0 Å². The summed E-state index contributed by atoms with van der Waals surface area (Å²) in [5.41, 5.74) is 2.49. The summed E-state index contributed by atoms with van der Waals surface area (Å²) in [6.07, 6.45) is 2.51. The highest BCUT2D eigenvalue weighted by atomic mass is 32.2. The number of carbonyl (C=O) groups is 3. The number of benzene rings is 2. The van der Waals surface area contributed by atoms with E-state index in [1.165, 1.54) is 23.6 Å². The van der Waals surface area contributed by atoms with Gasteiger partial charge < -0.3 is 0 Å². The van der Waals surface area contributed by atoms with E-state index < -0.39 is 0 Å². The van der Waals surface area contributed by atoms with E-state index >= 15 is 0 Å². The second-order valence-electron chi connectivity index (χ2n) is 5.41. The number of thioether (sulfide) groups is 1. The van der Waals surface area contributed by atoms with Gasteiger partial charge in [0, 0.05) is 11.1 Å². The molecular formula is C19H13NO3S2. The van der Waals surface area contributed by atoms with Gasteiger partial charge in [-0.3, -0.25) is 19.3 Å². The fourth-order valence-corrected chi connectivity index (χ4v) is 3.68. The van der Waals surface area contributed by atoms with Gasteiger partial charge in [0.1, 0.15) is 6.29 Å². The molecule has 0 aromatic heterocycles. The van der Waals surface area contributed by atoms with Crippen LogP contribution in [0.15, 0.2) is 53.4 Å². The molecule has 3 rings (SSSR count). The first-order valence-corrected chi connectivity index (χ1v) is 8.66. The number of hydrogen-bond donors (Lipinski definition) is 0. The van der Waals surface area contributed by atoms with Crippen molar-refractivity contribution in [2.24, 2.45) is 0 Å². The molecule has 0 radical (unpaired) electrons. The molecule has 124 valence electrons. The van der Waals surface area contributed by atoms with Gasteiger partial charge in [-0.2, -0.15) is 0 Å². The number of ketones is 1. The van der Waals surface area contributed by atoms with Gasteiger partial charge in [0.05, 0.1) is 10.6 Å². The second kappa shape index (κ2) is 7.13. The summed E-state index contributed by atoms with van der Waals surface area (Å²) in [5.74, 6) is -0.298. The minimum absolute atomic E-state index is 0.0712. The van der Waals surface area contributed by atoms with Crippen LogP contribution in [0.25, 0.3) is 6.08 Å². The van der Waals surface area contributed by atoms with Gasteiger partial charge in [-0.1, -0.05) is 60.4 Å². The minimum atomic E-state index is -0.227. The molecule has 0 aliphatic carbocycles. The number of thiocarbonyl (C=S) groups is 1. The predicted molar refractivity (Wildman–Crippen MR) is 104 cm³/mol. The summed E-state index contributed by atoms with van der Waals surface area (Å²) in [4.78, 5) is 36.9. The molecule has 0 N–H and O–H groups in total. The Morgan fingerprint density at radius 2 is 1.80 bits per heavy atom. The molecule has 1 saturated heterocycles. The van der Waals surface area contributed by atoms with E-state index in [9.17, 15) is 14.4 Å². The number of rotatable bonds is 4. The van der Waals surface area contributed by atoms with E-state index in [2.05, 4.69) is 0 Å². The number of nitrogens with zero attached hydrogens (tertiary/aromatic N) is 1. The summed E-state index contributed by atoms with van der Waals surface area (Å²) in [5, 5.41) is 0. The van der Waals surface area contributed by atoms with E-state index in [1.807, 2.05) is 0 Å². The molecule has 1 heterocycles. The third kappa shape index (κ3) is 3.60. The van der Waals surface area contributed by atoms with Gasteiger partial charge >= 0.3 is 0 Å². The predicted octanol–water partition coefficient (Wildman–Crippen LogP) is 4.11. The first-order chi connectivity index (χ1) is 12.0. The summed E-state index contributed by atoms with van der Waals surface area (Å²) in [6, 6.07) is 13.8. The van der Waals surface area contributed by atoms with Crippen LogP contribution >= 0.6 is 24.0 Å². The smallest absolute Gasteiger partial charge is 0.270 e. The second-order valence-corrected chi connectivity index (χ2v) is 7.08. The van der Waals surface area contributed by atoms with Gasteiger partial charge in [-0.25, -0.2) is 0 Å². The van der Waals surface area contributed by atoms with Crippen LogP contribution in [0.5, 0.6) is 0 Å². The molecular weight excluding hydrogens is 354 g/mol. The number of carbonyl (C=O) groups excluding carboxylic acids is 3. The van der Waals surface area contributed by atoms with Crippen molar-refractivity contribution in [3.05, 3.63) is 70.1 Å². The highest BCUT2D eigenvalue weighted by Crippen LogP contribution is 2.36. The molecule has 0 saturated carbocycles. The fourth-order valence-electron chi connectivity index (χ4n) is 2.38. The van der Waals surface area contributed by atoms with Crippen molar-refractivity contribution in [2.45, 2.75) is 6.92 Å². The third-order valence-electron chi connectivity index (χ3n) is 3.67. The third-order valence-corrected chi connectivity index (χ3v) is 4.98. The fraction of sp³-hybridized carbons (Fsp3) is 0.0526. The van der Waals surface area contributed by atoms with E-state index in [0.717, 1.165) is 11.8 Å². The summed E-state index contributed by atoms with van der Waals surface area (Å²) in [6.45, 7) is 1.48. The maximum atomic E-state index is 12.7. The van der Waals surface area contributed by atoms with Crippen molar-refractivity contribution in [1.29, 1.82) is 0 Å². The van der Waals surface area contributed by atoms with E-state index in [4.69, 9.17) is 12.2 Å². The maximum absolute atomic E-state index is 12.7. The molecule has 2 aromatic carbocycles. The Hall–Kier alpha value is -2.57. The highest BCUT2D eigenvalue weighted by Gasteiger charge is 2.33. The van der Waals surface area contributed by atoms with Crippen LogP contribution in [0.3, 0.4) is 0 Å². The molecule has 1 fully saturated rings. The van der Waals surface area contributed by atoms with Crippen molar-refractivity contribution in [1.82, 2.24) is 0 Å². The molecule has 6 heteroatoms. The van der Waals surface area contributed by atoms with Crippen LogP contribution in [0.2, 0.25) is 0 Å². The first kappa shape index (κ1) is 17.3. The number of Topliss-reactive ketones (excluding diaryl/α,β-unsaturated/α-hetero) is 1. The Morgan fingerprint density at radius 3 is 2.44 bits per heavy atom. The Kier molecular flexibility index (Phi) is 4.92.